The summed E-state index contributed by atoms with van der Waals surface area (Å²) in [6.45, 7) is 0. The van der Waals surface area contributed by atoms with Crippen LogP contribution in [0.3, 0.4) is 0 Å². The normalized spacial score (nSPS) is 8.10. The van der Waals surface area contributed by atoms with Gasteiger partial charge in [-0.1, -0.05) is 0 Å². The number of rotatable bonds is 0. The summed E-state index contributed by atoms with van der Waals surface area (Å²) in [6, 6.07) is 7.11. The molecular weight excluding hydrogens is 120 g/mol. The van der Waals surface area contributed by atoms with Crippen LogP contribution in [0.25, 0.3) is 0 Å². The Morgan fingerprint density at radius 1 is 1.10 bits per heavy atom. The van der Waals surface area contributed by atoms with Gasteiger partial charge in [0.1, 0.15) is 0 Å². The molecular formula is C10H5+. The van der Waals surface area contributed by atoms with E-state index < -0.39 is 0 Å². The second kappa shape index (κ2) is 2.92. The van der Waals surface area contributed by atoms with E-state index in [1.54, 1.807) is 24.3 Å². The molecule has 0 heteroatoms. The predicted octanol–water partition coefficient (Wildman–Crippen LogP) is 1.61. The molecule has 0 heterocycles. The summed E-state index contributed by atoms with van der Waals surface area (Å²) in [7, 11) is 0. The van der Waals surface area contributed by atoms with Crippen molar-refractivity contribution < 1.29 is 0 Å². The molecule has 0 saturated heterocycles. The van der Waals surface area contributed by atoms with Gasteiger partial charge in [-0.3, -0.25) is 0 Å². The minimum absolute atomic E-state index is 0.749. The summed E-state index contributed by atoms with van der Waals surface area (Å²) in [5.74, 6) is 4.75. The van der Waals surface area contributed by atoms with Crippen LogP contribution >= 0.6 is 0 Å². The van der Waals surface area contributed by atoms with Gasteiger partial charge in [-0.15, -0.1) is 0 Å². The van der Waals surface area contributed by atoms with Crippen LogP contribution in [-0.4, -0.2) is 0 Å². The van der Waals surface area contributed by atoms with Crippen molar-refractivity contribution >= 4 is 0 Å². The van der Waals surface area contributed by atoms with Gasteiger partial charge in [-0.25, -0.2) is 0 Å². The Hall–Kier alpha value is -1.44. The number of terminal acetylenes is 1. The molecule has 0 N–H and O–H groups in total. The van der Waals surface area contributed by atoms with Crippen LogP contribution in [0.4, 0.5) is 0 Å². The van der Waals surface area contributed by atoms with Crippen molar-refractivity contribution in [3.8, 4) is 18.3 Å². The van der Waals surface area contributed by atoms with Crippen LogP contribution in [0, 0.1) is 24.7 Å². The maximum atomic E-state index is 6.77. The molecule has 0 aliphatic heterocycles. The molecule has 1 rings (SSSR count). The van der Waals surface area contributed by atoms with E-state index in [0.717, 1.165) is 11.1 Å². The zero-order valence-electron chi connectivity index (χ0n) is 5.39. The fourth-order valence-electron chi connectivity index (χ4n) is 0.650. The molecule has 0 bridgehead atoms. The fourth-order valence-corrected chi connectivity index (χ4v) is 0.650. The van der Waals surface area contributed by atoms with Gasteiger partial charge in [-0.05, 0) is 0 Å². The van der Waals surface area contributed by atoms with Gasteiger partial charge in [0.15, 0.2) is 0 Å². The van der Waals surface area contributed by atoms with Crippen molar-refractivity contribution in [3.05, 3.63) is 41.8 Å². The summed E-state index contributed by atoms with van der Waals surface area (Å²) >= 11 is 0. The minimum atomic E-state index is 0.749. The van der Waals surface area contributed by atoms with Crippen LogP contribution in [-0.2, 0) is 0 Å². The summed E-state index contributed by atoms with van der Waals surface area (Å²) in [5.41, 5.74) is 1.58. The first-order chi connectivity index (χ1) is 4.86. The molecule has 1 aromatic rings. The molecule has 0 saturated carbocycles. The van der Waals surface area contributed by atoms with E-state index >= 15 is 0 Å². The Morgan fingerprint density at radius 2 is 1.60 bits per heavy atom. The average Bonchev–Trinajstić information content (AvgIpc) is 2.05. The summed E-state index contributed by atoms with van der Waals surface area (Å²) in [4.78, 5) is 0. The molecule has 1 aromatic carbocycles. The quantitative estimate of drug-likeness (QED) is 0.365. The number of hydrogen-bond donors (Lipinski definition) is 0. The first-order valence-electron chi connectivity index (χ1n) is 2.86. The van der Waals surface area contributed by atoms with Crippen molar-refractivity contribution in [1.29, 1.82) is 0 Å². The molecule has 0 aliphatic rings. The second-order valence-corrected chi connectivity index (χ2v) is 1.85. The zero-order valence-corrected chi connectivity index (χ0v) is 5.39. The fraction of sp³-hybridized carbons (Fsp3) is 0. The van der Waals surface area contributed by atoms with Crippen molar-refractivity contribution in [2.75, 3.05) is 0 Å². The van der Waals surface area contributed by atoms with Crippen molar-refractivity contribution in [2.24, 2.45) is 0 Å². The molecule has 0 spiro atoms. The van der Waals surface area contributed by atoms with Crippen LogP contribution < -0.4 is 0 Å². The first kappa shape index (κ1) is 6.68. The van der Waals surface area contributed by atoms with Gasteiger partial charge in [-0.2, -0.15) is 0 Å². The van der Waals surface area contributed by atoms with Crippen LogP contribution in [0.2, 0.25) is 0 Å². The number of hydrogen-bond acceptors (Lipinski definition) is 0. The Labute approximate surface area is 60.9 Å². The molecule has 10 heavy (non-hydrogen) atoms. The SMILES string of the molecule is [C+]#Cc1ccc(C#C)cc1. The standard InChI is InChI=1S/C10H5/c1-3-9-5-7-10(4-2)8-6-9/h1,5-8H/q+1. The van der Waals surface area contributed by atoms with E-state index in [1.165, 1.54) is 0 Å². The van der Waals surface area contributed by atoms with Crippen LogP contribution in [0.5, 0.6) is 0 Å². The van der Waals surface area contributed by atoms with E-state index in [1.807, 2.05) is 0 Å². The van der Waals surface area contributed by atoms with Crippen LogP contribution in [0.15, 0.2) is 24.3 Å². The average molecular weight is 125 g/mol. The Balaban J connectivity index is 3.08. The Kier molecular flexibility index (Phi) is 1.95. The molecule has 0 fully saturated rings. The van der Waals surface area contributed by atoms with E-state index in [4.69, 9.17) is 12.8 Å². The zero-order chi connectivity index (χ0) is 7.40. The summed E-state index contributed by atoms with van der Waals surface area (Å²) in [5, 5.41) is 0. The molecule has 0 aliphatic carbocycles. The van der Waals surface area contributed by atoms with Gasteiger partial charge in [0.25, 0.3) is 0 Å². The third-order valence-corrected chi connectivity index (χ3v) is 1.20. The molecule has 0 amide bonds. The monoisotopic (exact) mass is 125 g/mol. The molecule has 0 nitrogen and oxygen atoms in total. The molecule has 0 radical (unpaired) electrons. The van der Waals surface area contributed by atoms with E-state index in [-0.39, 0.29) is 0 Å². The van der Waals surface area contributed by atoms with Crippen molar-refractivity contribution in [3.63, 3.8) is 0 Å². The topological polar surface area (TPSA) is 0 Å². The second-order valence-electron chi connectivity index (χ2n) is 1.85. The van der Waals surface area contributed by atoms with Gasteiger partial charge < -0.3 is 0 Å². The van der Waals surface area contributed by atoms with Gasteiger partial charge in [0.05, 0.1) is 0 Å². The van der Waals surface area contributed by atoms with E-state index in [0.29, 0.717) is 0 Å². The number of benzene rings is 1. The van der Waals surface area contributed by atoms with E-state index in [9.17, 15) is 0 Å². The maximum absolute atomic E-state index is 6.77. The first-order valence-corrected chi connectivity index (χ1v) is 2.86. The van der Waals surface area contributed by atoms with Crippen molar-refractivity contribution in [2.45, 2.75) is 0 Å². The summed E-state index contributed by atoms with van der Waals surface area (Å²) in [6.07, 6.45) is 11.9. The molecule has 0 aromatic heterocycles. The third-order valence-electron chi connectivity index (χ3n) is 1.20. The van der Waals surface area contributed by atoms with Crippen molar-refractivity contribution in [1.82, 2.24) is 0 Å². The van der Waals surface area contributed by atoms with Gasteiger partial charge in [0, 0.05) is 0 Å². The van der Waals surface area contributed by atoms with Crippen LogP contribution in [0.1, 0.15) is 11.1 Å². The molecule has 0 atom stereocenters. The third kappa shape index (κ3) is 1.29. The Bertz CT molecular complexity index is 257. The molecule has 0 unspecified atom stereocenters. The predicted molar refractivity (Wildman–Crippen MR) is 40.6 cm³/mol. The summed E-state index contributed by atoms with van der Waals surface area (Å²) < 4.78 is 0. The molecule has 44 valence electrons. The van der Waals surface area contributed by atoms with E-state index in [2.05, 4.69) is 11.8 Å². The van der Waals surface area contributed by atoms with Gasteiger partial charge >= 0.3 is 60.1 Å². The Morgan fingerprint density at radius 3 is 2.00 bits per heavy atom. The van der Waals surface area contributed by atoms with Gasteiger partial charge in [0.2, 0.25) is 0 Å².